The SMILES string of the molecule is O=C1C(=Cc2ccc(-n3ccc4cnccc43)[te]2)C(=O)c2cscc21. The summed E-state index contributed by atoms with van der Waals surface area (Å²) in [6.07, 6.45) is 7.50. The first-order chi connectivity index (χ1) is 12.2. The molecule has 4 heterocycles. The molecule has 0 atom stereocenters. The van der Waals surface area contributed by atoms with Gasteiger partial charge in [-0.05, 0) is 0 Å². The number of ketones is 2. The van der Waals surface area contributed by atoms with E-state index in [1.54, 1.807) is 23.0 Å². The van der Waals surface area contributed by atoms with Gasteiger partial charge in [0.2, 0.25) is 0 Å². The molecule has 4 aromatic heterocycles. The van der Waals surface area contributed by atoms with Crippen LogP contribution in [0.2, 0.25) is 0 Å². The van der Waals surface area contributed by atoms with Crippen molar-refractivity contribution >= 4 is 60.3 Å². The van der Waals surface area contributed by atoms with Crippen LogP contribution in [0, 0.1) is 0 Å². The molecule has 1 aliphatic rings. The van der Waals surface area contributed by atoms with Crippen LogP contribution < -0.4 is 0 Å². The molecule has 0 radical (unpaired) electrons. The first-order valence-electron chi connectivity index (χ1n) is 7.61. The number of pyridine rings is 1. The number of fused-ring (bicyclic) bond motifs is 2. The van der Waals surface area contributed by atoms with Crippen LogP contribution in [0.4, 0.5) is 0 Å². The molecule has 6 heteroatoms. The standard InChI is InChI=1S/C19H10N2O2STe/c22-18-13(19(23)15-10-24-9-14(15)18)7-12-1-2-17(25-12)21-6-4-11-8-20-5-3-16(11)21/h1-10H. The number of aromatic nitrogens is 2. The molecule has 0 saturated carbocycles. The third-order valence-corrected chi connectivity index (χ3v) is 7.96. The van der Waals surface area contributed by atoms with E-state index in [0.29, 0.717) is 16.7 Å². The molecule has 0 aromatic carbocycles. The molecule has 0 spiro atoms. The molecule has 120 valence electrons. The summed E-state index contributed by atoms with van der Waals surface area (Å²) in [4.78, 5) is 29.0. The van der Waals surface area contributed by atoms with Crippen molar-refractivity contribution < 1.29 is 9.59 Å². The van der Waals surface area contributed by atoms with Crippen LogP contribution in [-0.2, 0) is 0 Å². The van der Waals surface area contributed by atoms with Crippen molar-refractivity contribution in [3.8, 4) is 3.70 Å². The minimum absolute atomic E-state index is 0.138. The van der Waals surface area contributed by atoms with Gasteiger partial charge in [0.15, 0.2) is 0 Å². The molecule has 0 bridgehead atoms. The zero-order valence-electron chi connectivity index (χ0n) is 12.8. The van der Waals surface area contributed by atoms with Crippen molar-refractivity contribution in [2.45, 2.75) is 0 Å². The van der Waals surface area contributed by atoms with Gasteiger partial charge in [0, 0.05) is 0 Å². The molecule has 0 aliphatic heterocycles. The Balaban J connectivity index is 1.55. The van der Waals surface area contributed by atoms with Crippen LogP contribution in [0.5, 0.6) is 0 Å². The van der Waals surface area contributed by atoms with Crippen LogP contribution in [0.1, 0.15) is 24.3 Å². The average Bonchev–Trinajstić information content (AvgIpc) is 3.38. The number of hydrogen-bond acceptors (Lipinski definition) is 4. The predicted molar refractivity (Wildman–Crippen MR) is 99.0 cm³/mol. The normalized spacial score (nSPS) is 13.7. The number of carbonyl (C=O) groups excluding carboxylic acids is 2. The van der Waals surface area contributed by atoms with Gasteiger partial charge < -0.3 is 0 Å². The number of rotatable bonds is 2. The molecule has 0 fully saturated rings. The number of thiophene rings is 1. The van der Waals surface area contributed by atoms with E-state index in [1.165, 1.54) is 15.0 Å². The number of hydrogen-bond donors (Lipinski definition) is 0. The molecule has 25 heavy (non-hydrogen) atoms. The fourth-order valence-electron chi connectivity index (χ4n) is 3.04. The van der Waals surface area contributed by atoms with Crippen molar-refractivity contribution in [2.24, 2.45) is 0 Å². The summed E-state index contributed by atoms with van der Waals surface area (Å²) in [5.74, 6) is -0.277. The predicted octanol–water partition coefficient (Wildman–Crippen LogP) is 3.61. The van der Waals surface area contributed by atoms with Gasteiger partial charge in [0.1, 0.15) is 0 Å². The fraction of sp³-hybridized carbons (Fsp3) is 0. The van der Waals surface area contributed by atoms with E-state index in [-0.39, 0.29) is 11.6 Å². The topological polar surface area (TPSA) is 52.0 Å². The van der Waals surface area contributed by atoms with Crippen molar-refractivity contribution in [2.75, 3.05) is 0 Å². The van der Waals surface area contributed by atoms with Gasteiger partial charge in [-0.25, -0.2) is 0 Å². The zero-order chi connectivity index (χ0) is 17.0. The van der Waals surface area contributed by atoms with Gasteiger partial charge in [0.25, 0.3) is 0 Å². The van der Waals surface area contributed by atoms with Gasteiger partial charge in [-0.3, -0.25) is 0 Å². The van der Waals surface area contributed by atoms with Crippen LogP contribution in [-0.4, -0.2) is 41.5 Å². The number of allylic oxidation sites excluding steroid dienone is 1. The molecule has 4 nitrogen and oxygen atoms in total. The first-order valence-corrected chi connectivity index (χ1v) is 10.9. The number of nitrogens with zero attached hydrogens (tertiary/aromatic N) is 2. The summed E-state index contributed by atoms with van der Waals surface area (Å²) in [7, 11) is 0. The maximum atomic E-state index is 12.4. The van der Waals surface area contributed by atoms with E-state index in [2.05, 4.69) is 27.9 Å². The van der Waals surface area contributed by atoms with E-state index in [4.69, 9.17) is 0 Å². The van der Waals surface area contributed by atoms with Crippen molar-refractivity contribution in [3.63, 3.8) is 0 Å². The Bertz CT molecular complexity index is 1160. The van der Waals surface area contributed by atoms with Gasteiger partial charge in [-0.15, -0.1) is 0 Å². The van der Waals surface area contributed by atoms with E-state index < -0.39 is 20.4 Å². The summed E-state index contributed by atoms with van der Waals surface area (Å²) < 4.78 is 4.52. The minimum atomic E-state index is -0.656. The Labute approximate surface area is 156 Å². The Morgan fingerprint density at radius 2 is 1.84 bits per heavy atom. The quantitative estimate of drug-likeness (QED) is 0.262. The zero-order valence-corrected chi connectivity index (χ0v) is 15.9. The Hall–Kier alpha value is -2.26. The van der Waals surface area contributed by atoms with E-state index in [1.807, 2.05) is 18.3 Å². The second-order valence-corrected chi connectivity index (χ2v) is 9.58. The molecule has 0 unspecified atom stereocenters. The van der Waals surface area contributed by atoms with Crippen molar-refractivity contribution in [1.82, 2.24) is 9.55 Å². The van der Waals surface area contributed by atoms with Crippen molar-refractivity contribution in [1.29, 1.82) is 0 Å². The molecule has 1 aliphatic carbocycles. The summed E-state index contributed by atoms with van der Waals surface area (Å²) in [5.41, 5.74) is 2.55. The van der Waals surface area contributed by atoms with Gasteiger partial charge >= 0.3 is 157 Å². The molecule has 4 aromatic rings. The average molecular weight is 458 g/mol. The Morgan fingerprint density at radius 3 is 2.64 bits per heavy atom. The first kappa shape index (κ1) is 15.0. The van der Waals surface area contributed by atoms with Gasteiger partial charge in [-0.2, -0.15) is 0 Å². The summed E-state index contributed by atoms with van der Waals surface area (Å²) in [6.45, 7) is 0. The number of carbonyl (C=O) groups is 2. The maximum absolute atomic E-state index is 12.4. The second-order valence-electron chi connectivity index (χ2n) is 5.71. The summed E-state index contributed by atoms with van der Waals surface area (Å²) >= 11 is 0.744. The third kappa shape index (κ3) is 2.30. The molecular formula is C19H10N2O2STe. The van der Waals surface area contributed by atoms with E-state index in [9.17, 15) is 9.59 Å². The number of Topliss-reactive ketones (excluding diaryl/α,β-unsaturated/α-hetero) is 2. The second kappa shape index (κ2) is 5.63. The van der Waals surface area contributed by atoms with Gasteiger partial charge in [0.05, 0.1) is 0 Å². The van der Waals surface area contributed by atoms with E-state index in [0.717, 1.165) is 14.5 Å². The summed E-state index contributed by atoms with van der Waals surface area (Å²) in [5, 5.41) is 4.63. The molecule has 0 saturated heterocycles. The van der Waals surface area contributed by atoms with Crippen LogP contribution in [0.25, 0.3) is 20.7 Å². The fourth-order valence-corrected chi connectivity index (χ4v) is 6.55. The third-order valence-electron chi connectivity index (χ3n) is 4.27. The Kier molecular flexibility index (Phi) is 3.39. The Morgan fingerprint density at radius 1 is 1.04 bits per heavy atom. The monoisotopic (exact) mass is 460 g/mol. The van der Waals surface area contributed by atoms with Gasteiger partial charge in [-0.1, -0.05) is 0 Å². The molecular weight excluding hydrogens is 448 g/mol. The van der Waals surface area contributed by atoms with Crippen LogP contribution >= 0.6 is 11.3 Å². The van der Waals surface area contributed by atoms with Crippen LogP contribution in [0.3, 0.4) is 0 Å². The molecule has 0 N–H and O–H groups in total. The summed E-state index contributed by atoms with van der Waals surface area (Å²) in [6, 6.07) is 8.17. The molecule has 5 rings (SSSR count). The van der Waals surface area contributed by atoms with E-state index >= 15 is 0 Å². The van der Waals surface area contributed by atoms with Crippen LogP contribution in [0.15, 0.2) is 59.2 Å². The molecule has 0 amide bonds. The van der Waals surface area contributed by atoms with Crippen molar-refractivity contribution in [3.05, 3.63) is 73.9 Å².